The summed E-state index contributed by atoms with van der Waals surface area (Å²) in [6.45, 7) is 20.2. The average molecular weight is 400 g/mol. The molecule has 0 bridgehead atoms. The van der Waals surface area contributed by atoms with Gasteiger partial charge in [-0.15, -0.1) is 0 Å². The third kappa shape index (κ3) is 4.61. The fraction of sp³-hybridized carbons (Fsp3) is 0.379. The molecule has 0 atom stereocenters. The molecule has 0 spiro atoms. The molecule has 0 aliphatic heterocycles. The largest absolute Gasteiger partial charge is 0.310 e. The number of hydrogen-bond acceptors (Lipinski definition) is 1. The Balaban J connectivity index is 2.15. The number of nitrogens with zero attached hydrogens (tertiary/aromatic N) is 1. The highest BCUT2D eigenvalue weighted by atomic mass is 15.1. The SMILES string of the molecule is Cc1ccc(N(c2ccc(C(C)(C)C)cc2)c2ccc(C(C)(C)C)c(C)c2)cc1C. The summed E-state index contributed by atoms with van der Waals surface area (Å²) in [5.41, 5.74) is 10.6. The zero-order valence-electron chi connectivity index (χ0n) is 20.2. The molecule has 0 N–H and O–H groups in total. The topological polar surface area (TPSA) is 3.24 Å². The molecule has 1 heteroatoms. The van der Waals surface area contributed by atoms with Gasteiger partial charge in [0.2, 0.25) is 0 Å². The van der Waals surface area contributed by atoms with Gasteiger partial charge in [-0.1, -0.05) is 65.8 Å². The average Bonchev–Trinajstić information content (AvgIpc) is 2.63. The van der Waals surface area contributed by atoms with E-state index in [1.165, 1.54) is 44.9 Å². The lowest BCUT2D eigenvalue weighted by Gasteiger charge is -2.29. The van der Waals surface area contributed by atoms with E-state index in [1.807, 2.05) is 0 Å². The predicted molar refractivity (Wildman–Crippen MR) is 133 cm³/mol. The summed E-state index contributed by atoms with van der Waals surface area (Å²) in [5, 5.41) is 0. The van der Waals surface area contributed by atoms with Crippen molar-refractivity contribution in [2.24, 2.45) is 0 Å². The van der Waals surface area contributed by atoms with E-state index in [-0.39, 0.29) is 10.8 Å². The van der Waals surface area contributed by atoms with E-state index in [1.54, 1.807) is 0 Å². The fourth-order valence-corrected chi connectivity index (χ4v) is 4.05. The summed E-state index contributed by atoms with van der Waals surface area (Å²) < 4.78 is 0. The lowest BCUT2D eigenvalue weighted by molar-refractivity contribution is 0.586. The lowest BCUT2D eigenvalue weighted by Crippen LogP contribution is -2.15. The number of aryl methyl sites for hydroxylation is 3. The molecule has 0 radical (unpaired) electrons. The van der Waals surface area contributed by atoms with Crippen molar-refractivity contribution in [1.82, 2.24) is 0 Å². The first kappa shape index (κ1) is 22.2. The van der Waals surface area contributed by atoms with Crippen molar-refractivity contribution in [3.05, 3.63) is 88.5 Å². The van der Waals surface area contributed by atoms with Crippen LogP contribution in [-0.2, 0) is 10.8 Å². The molecular weight excluding hydrogens is 362 g/mol. The summed E-state index contributed by atoms with van der Waals surface area (Å²) in [4.78, 5) is 2.37. The van der Waals surface area contributed by atoms with E-state index in [2.05, 4.69) is 128 Å². The van der Waals surface area contributed by atoms with Crippen LogP contribution in [0.25, 0.3) is 0 Å². The Hall–Kier alpha value is -2.54. The van der Waals surface area contributed by atoms with Gasteiger partial charge in [0.15, 0.2) is 0 Å². The fourth-order valence-electron chi connectivity index (χ4n) is 4.05. The van der Waals surface area contributed by atoms with Crippen molar-refractivity contribution in [3.63, 3.8) is 0 Å². The highest BCUT2D eigenvalue weighted by Gasteiger charge is 2.20. The minimum absolute atomic E-state index is 0.141. The van der Waals surface area contributed by atoms with Crippen molar-refractivity contribution >= 4 is 17.1 Å². The van der Waals surface area contributed by atoms with E-state index >= 15 is 0 Å². The van der Waals surface area contributed by atoms with Crippen LogP contribution in [0.2, 0.25) is 0 Å². The third-order valence-electron chi connectivity index (χ3n) is 6.02. The molecule has 0 aromatic heterocycles. The zero-order chi connectivity index (χ0) is 22.3. The molecule has 0 aliphatic carbocycles. The molecule has 0 aliphatic rings. The smallest absolute Gasteiger partial charge is 0.0464 e. The number of hydrogen-bond donors (Lipinski definition) is 0. The number of rotatable bonds is 3. The Morgan fingerprint density at radius 3 is 1.47 bits per heavy atom. The predicted octanol–water partition coefficient (Wildman–Crippen LogP) is 8.68. The van der Waals surface area contributed by atoms with Crippen LogP contribution >= 0.6 is 0 Å². The maximum atomic E-state index is 2.37. The van der Waals surface area contributed by atoms with Gasteiger partial charge in [-0.05, 0) is 95.8 Å². The Labute approximate surface area is 183 Å². The molecule has 3 aromatic carbocycles. The molecular formula is C29H37N. The van der Waals surface area contributed by atoms with Gasteiger partial charge >= 0.3 is 0 Å². The maximum absolute atomic E-state index is 2.37. The molecule has 0 saturated heterocycles. The monoisotopic (exact) mass is 399 g/mol. The van der Waals surface area contributed by atoms with Crippen LogP contribution in [0.3, 0.4) is 0 Å². The van der Waals surface area contributed by atoms with Crippen LogP contribution < -0.4 is 4.90 Å². The minimum Gasteiger partial charge on any atom is -0.310 e. The van der Waals surface area contributed by atoms with Gasteiger partial charge in [0.1, 0.15) is 0 Å². The summed E-state index contributed by atoms with van der Waals surface area (Å²) in [6, 6.07) is 22.7. The van der Waals surface area contributed by atoms with Crippen LogP contribution in [-0.4, -0.2) is 0 Å². The second kappa shape index (κ2) is 7.95. The van der Waals surface area contributed by atoms with E-state index in [0.29, 0.717) is 0 Å². The standard InChI is InChI=1S/C29H37N/c1-20-10-13-25(18-21(20)2)30(24-14-11-23(12-15-24)28(4,5)6)26-16-17-27(22(3)19-26)29(7,8)9/h10-19H,1-9H3. The van der Waals surface area contributed by atoms with Crippen molar-refractivity contribution < 1.29 is 0 Å². The van der Waals surface area contributed by atoms with Crippen LogP contribution in [0.15, 0.2) is 60.7 Å². The first-order chi connectivity index (χ1) is 13.9. The van der Waals surface area contributed by atoms with Crippen molar-refractivity contribution in [2.45, 2.75) is 73.1 Å². The van der Waals surface area contributed by atoms with Gasteiger partial charge in [0.25, 0.3) is 0 Å². The summed E-state index contributed by atoms with van der Waals surface area (Å²) in [5.74, 6) is 0. The van der Waals surface area contributed by atoms with E-state index < -0.39 is 0 Å². The third-order valence-corrected chi connectivity index (χ3v) is 6.02. The molecule has 3 rings (SSSR count). The Morgan fingerprint density at radius 1 is 0.500 bits per heavy atom. The molecule has 3 aromatic rings. The van der Waals surface area contributed by atoms with Crippen LogP contribution in [0.4, 0.5) is 17.1 Å². The Bertz CT molecular complexity index is 1030. The number of anilines is 3. The normalized spacial score (nSPS) is 12.2. The van der Waals surface area contributed by atoms with Crippen molar-refractivity contribution in [1.29, 1.82) is 0 Å². The Morgan fingerprint density at radius 2 is 1.00 bits per heavy atom. The van der Waals surface area contributed by atoms with Gasteiger partial charge in [-0.25, -0.2) is 0 Å². The van der Waals surface area contributed by atoms with Crippen molar-refractivity contribution in [2.75, 3.05) is 4.90 Å². The molecule has 1 nitrogen and oxygen atoms in total. The zero-order valence-corrected chi connectivity index (χ0v) is 20.2. The molecule has 0 fully saturated rings. The van der Waals surface area contributed by atoms with E-state index in [4.69, 9.17) is 0 Å². The van der Waals surface area contributed by atoms with Crippen molar-refractivity contribution in [3.8, 4) is 0 Å². The number of benzene rings is 3. The van der Waals surface area contributed by atoms with Gasteiger partial charge < -0.3 is 4.90 Å². The highest BCUT2D eigenvalue weighted by molar-refractivity contribution is 5.77. The summed E-state index contributed by atoms with van der Waals surface area (Å²) >= 11 is 0. The van der Waals surface area contributed by atoms with Crippen LogP contribution in [0.5, 0.6) is 0 Å². The maximum Gasteiger partial charge on any atom is 0.0464 e. The molecule has 158 valence electrons. The molecule has 30 heavy (non-hydrogen) atoms. The highest BCUT2D eigenvalue weighted by Crippen LogP contribution is 2.38. The molecule has 0 heterocycles. The van der Waals surface area contributed by atoms with E-state index in [9.17, 15) is 0 Å². The van der Waals surface area contributed by atoms with E-state index in [0.717, 1.165) is 0 Å². The molecule has 0 unspecified atom stereocenters. The molecule has 0 saturated carbocycles. The van der Waals surface area contributed by atoms with Crippen LogP contribution in [0, 0.1) is 20.8 Å². The van der Waals surface area contributed by atoms with Crippen LogP contribution in [0.1, 0.15) is 69.4 Å². The molecule has 0 amide bonds. The summed E-state index contributed by atoms with van der Waals surface area (Å²) in [6.07, 6.45) is 0. The first-order valence-electron chi connectivity index (χ1n) is 11.0. The lowest BCUT2D eigenvalue weighted by atomic mass is 9.84. The van der Waals surface area contributed by atoms with Gasteiger partial charge in [-0.2, -0.15) is 0 Å². The van der Waals surface area contributed by atoms with Gasteiger partial charge in [-0.3, -0.25) is 0 Å². The second-order valence-electron chi connectivity index (χ2n) is 10.7. The Kier molecular flexibility index (Phi) is 5.87. The first-order valence-corrected chi connectivity index (χ1v) is 11.0. The summed E-state index contributed by atoms with van der Waals surface area (Å²) in [7, 11) is 0. The van der Waals surface area contributed by atoms with Gasteiger partial charge in [0.05, 0.1) is 0 Å². The second-order valence-corrected chi connectivity index (χ2v) is 10.7. The minimum atomic E-state index is 0.141. The van der Waals surface area contributed by atoms with Gasteiger partial charge in [0, 0.05) is 17.1 Å². The quantitative estimate of drug-likeness (QED) is 0.426.